The van der Waals surface area contributed by atoms with Gasteiger partial charge in [-0.3, -0.25) is 4.99 Å². The molecule has 0 saturated carbocycles. The molecule has 1 aliphatic rings. The standard InChI is InChI=1S/C15H23N3/c1-4-7-11(2)14-10-17-15(16)18(14)13-9-6-5-8-12(13)3/h5-6,8-9,11,14H,4,7,10H2,1-3H3,(H2,16,17). The molecule has 0 bridgehead atoms. The summed E-state index contributed by atoms with van der Waals surface area (Å²) in [4.78, 5) is 6.66. The van der Waals surface area contributed by atoms with Crippen LogP contribution in [0.1, 0.15) is 32.3 Å². The van der Waals surface area contributed by atoms with Gasteiger partial charge in [-0.25, -0.2) is 0 Å². The number of nitrogens with two attached hydrogens (primary N) is 1. The minimum Gasteiger partial charge on any atom is -0.370 e. The Morgan fingerprint density at radius 3 is 2.83 bits per heavy atom. The van der Waals surface area contributed by atoms with Gasteiger partial charge in [0.25, 0.3) is 0 Å². The van der Waals surface area contributed by atoms with Crippen molar-refractivity contribution in [3.8, 4) is 0 Å². The summed E-state index contributed by atoms with van der Waals surface area (Å²) in [6.07, 6.45) is 2.43. The smallest absolute Gasteiger partial charge is 0.196 e. The maximum atomic E-state index is 6.08. The quantitative estimate of drug-likeness (QED) is 0.886. The Hall–Kier alpha value is -1.51. The molecule has 0 spiro atoms. The molecule has 2 atom stereocenters. The normalized spacial score (nSPS) is 20.9. The Balaban J connectivity index is 2.28. The van der Waals surface area contributed by atoms with Crippen LogP contribution in [0, 0.1) is 12.8 Å². The van der Waals surface area contributed by atoms with Gasteiger partial charge in [-0.05, 0) is 30.9 Å². The first-order valence-corrected chi connectivity index (χ1v) is 6.80. The van der Waals surface area contributed by atoms with Gasteiger partial charge in [0.05, 0.1) is 12.6 Å². The molecule has 1 aromatic rings. The van der Waals surface area contributed by atoms with Crippen LogP contribution in [-0.2, 0) is 0 Å². The first kappa shape index (κ1) is 12.9. The van der Waals surface area contributed by atoms with Crippen molar-refractivity contribution in [1.29, 1.82) is 0 Å². The highest BCUT2D eigenvalue weighted by molar-refractivity contribution is 5.97. The van der Waals surface area contributed by atoms with Gasteiger partial charge in [0, 0.05) is 5.69 Å². The minimum atomic E-state index is 0.408. The Morgan fingerprint density at radius 2 is 2.17 bits per heavy atom. The topological polar surface area (TPSA) is 41.6 Å². The zero-order valence-electron chi connectivity index (χ0n) is 11.6. The lowest BCUT2D eigenvalue weighted by Gasteiger charge is -2.31. The van der Waals surface area contributed by atoms with Crippen LogP contribution in [0.4, 0.5) is 5.69 Å². The number of benzene rings is 1. The molecule has 0 aliphatic carbocycles. The zero-order valence-corrected chi connectivity index (χ0v) is 11.6. The molecule has 1 aromatic carbocycles. The number of aliphatic imine (C=N–C) groups is 1. The summed E-state index contributed by atoms with van der Waals surface area (Å²) in [5.41, 5.74) is 8.53. The molecule has 1 heterocycles. The molecule has 18 heavy (non-hydrogen) atoms. The third kappa shape index (κ3) is 2.35. The Morgan fingerprint density at radius 1 is 1.44 bits per heavy atom. The summed E-state index contributed by atoms with van der Waals surface area (Å²) >= 11 is 0. The second kappa shape index (κ2) is 5.42. The van der Waals surface area contributed by atoms with Gasteiger partial charge < -0.3 is 10.6 Å². The van der Waals surface area contributed by atoms with Crippen molar-refractivity contribution in [3.05, 3.63) is 29.8 Å². The molecule has 2 rings (SSSR count). The molecule has 2 unspecified atom stereocenters. The van der Waals surface area contributed by atoms with Crippen LogP contribution in [0.2, 0.25) is 0 Å². The number of hydrogen-bond acceptors (Lipinski definition) is 3. The van der Waals surface area contributed by atoms with E-state index in [1.807, 2.05) is 0 Å². The van der Waals surface area contributed by atoms with E-state index in [9.17, 15) is 0 Å². The second-order valence-electron chi connectivity index (χ2n) is 5.19. The van der Waals surface area contributed by atoms with E-state index in [0.717, 1.165) is 6.54 Å². The van der Waals surface area contributed by atoms with Crippen LogP contribution in [0.3, 0.4) is 0 Å². The SMILES string of the molecule is CCCC(C)C1CN=C(N)N1c1ccccc1C. The fourth-order valence-corrected chi connectivity index (χ4v) is 2.73. The third-order valence-corrected chi connectivity index (χ3v) is 3.79. The molecule has 3 nitrogen and oxygen atoms in total. The molecule has 1 aliphatic heterocycles. The number of rotatable bonds is 4. The van der Waals surface area contributed by atoms with E-state index >= 15 is 0 Å². The van der Waals surface area contributed by atoms with Crippen molar-refractivity contribution in [2.24, 2.45) is 16.6 Å². The molecular formula is C15H23N3. The maximum Gasteiger partial charge on any atom is 0.196 e. The van der Waals surface area contributed by atoms with E-state index in [4.69, 9.17) is 5.73 Å². The van der Waals surface area contributed by atoms with Gasteiger partial charge in [-0.1, -0.05) is 38.5 Å². The lowest BCUT2D eigenvalue weighted by molar-refractivity contribution is 0.439. The summed E-state index contributed by atoms with van der Waals surface area (Å²) in [5, 5.41) is 0. The van der Waals surface area contributed by atoms with Gasteiger partial charge in [-0.15, -0.1) is 0 Å². The van der Waals surface area contributed by atoms with E-state index in [0.29, 0.717) is 17.9 Å². The van der Waals surface area contributed by atoms with E-state index < -0.39 is 0 Å². The lowest BCUT2D eigenvalue weighted by Crippen LogP contribution is -2.44. The summed E-state index contributed by atoms with van der Waals surface area (Å²) < 4.78 is 0. The van der Waals surface area contributed by atoms with Crippen molar-refractivity contribution in [2.75, 3.05) is 11.4 Å². The van der Waals surface area contributed by atoms with Gasteiger partial charge in [0.1, 0.15) is 0 Å². The van der Waals surface area contributed by atoms with Crippen LogP contribution >= 0.6 is 0 Å². The first-order valence-electron chi connectivity index (χ1n) is 6.80. The van der Waals surface area contributed by atoms with E-state index in [2.05, 4.69) is 54.9 Å². The molecular weight excluding hydrogens is 222 g/mol. The molecule has 0 amide bonds. The van der Waals surface area contributed by atoms with E-state index in [-0.39, 0.29) is 0 Å². The molecule has 0 fully saturated rings. The number of aryl methyl sites for hydroxylation is 1. The van der Waals surface area contributed by atoms with Crippen LogP contribution in [0.5, 0.6) is 0 Å². The Kier molecular flexibility index (Phi) is 3.90. The molecule has 3 heteroatoms. The fraction of sp³-hybridized carbons (Fsp3) is 0.533. The van der Waals surface area contributed by atoms with Crippen molar-refractivity contribution in [3.63, 3.8) is 0 Å². The summed E-state index contributed by atoms with van der Waals surface area (Å²) in [6, 6.07) is 8.80. The largest absolute Gasteiger partial charge is 0.370 e. The second-order valence-corrected chi connectivity index (χ2v) is 5.19. The van der Waals surface area contributed by atoms with Crippen molar-refractivity contribution < 1.29 is 0 Å². The maximum absolute atomic E-state index is 6.08. The monoisotopic (exact) mass is 245 g/mol. The van der Waals surface area contributed by atoms with Crippen molar-refractivity contribution in [1.82, 2.24) is 0 Å². The highest BCUT2D eigenvalue weighted by Crippen LogP contribution is 2.29. The molecule has 98 valence electrons. The van der Waals surface area contributed by atoms with Gasteiger partial charge in [-0.2, -0.15) is 0 Å². The zero-order chi connectivity index (χ0) is 13.1. The summed E-state index contributed by atoms with van der Waals surface area (Å²) in [6.45, 7) is 7.48. The van der Waals surface area contributed by atoms with Gasteiger partial charge in [0.15, 0.2) is 5.96 Å². The number of guanidine groups is 1. The average Bonchev–Trinajstić information content (AvgIpc) is 2.72. The van der Waals surface area contributed by atoms with Crippen LogP contribution in [0.25, 0.3) is 0 Å². The predicted molar refractivity (Wildman–Crippen MR) is 78.0 cm³/mol. The van der Waals surface area contributed by atoms with Crippen LogP contribution in [-0.4, -0.2) is 18.5 Å². The van der Waals surface area contributed by atoms with Crippen LogP contribution < -0.4 is 10.6 Å². The summed E-state index contributed by atoms with van der Waals surface area (Å²) in [5.74, 6) is 1.27. The lowest BCUT2D eigenvalue weighted by atomic mass is 9.95. The number of hydrogen-bond donors (Lipinski definition) is 1. The first-order chi connectivity index (χ1) is 8.65. The Bertz CT molecular complexity index is 439. The molecule has 2 N–H and O–H groups in total. The van der Waals surface area contributed by atoms with E-state index in [1.54, 1.807) is 0 Å². The molecule has 0 saturated heterocycles. The average molecular weight is 245 g/mol. The molecule has 0 aromatic heterocycles. The van der Waals surface area contributed by atoms with E-state index in [1.165, 1.54) is 24.1 Å². The van der Waals surface area contributed by atoms with Crippen LogP contribution in [0.15, 0.2) is 29.3 Å². The van der Waals surface area contributed by atoms with Crippen molar-refractivity contribution in [2.45, 2.75) is 39.7 Å². The van der Waals surface area contributed by atoms with Gasteiger partial charge in [0.2, 0.25) is 0 Å². The summed E-state index contributed by atoms with van der Waals surface area (Å²) in [7, 11) is 0. The Labute approximate surface area is 110 Å². The number of anilines is 1. The number of nitrogens with zero attached hydrogens (tertiary/aromatic N) is 2. The van der Waals surface area contributed by atoms with Crippen molar-refractivity contribution >= 4 is 11.6 Å². The highest BCUT2D eigenvalue weighted by Gasteiger charge is 2.31. The highest BCUT2D eigenvalue weighted by atomic mass is 15.3. The number of para-hydroxylation sites is 1. The minimum absolute atomic E-state index is 0.408. The fourth-order valence-electron chi connectivity index (χ4n) is 2.73. The molecule has 0 radical (unpaired) electrons. The third-order valence-electron chi connectivity index (χ3n) is 3.79. The predicted octanol–water partition coefficient (Wildman–Crippen LogP) is 2.93. The van der Waals surface area contributed by atoms with Gasteiger partial charge >= 0.3 is 0 Å².